The van der Waals surface area contributed by atoms with Crippen LogP contribution in [0, 0.1) is 6.92 Å². The van der Waals surface area contributed by atoms with Gasteiger partial charge < -0.3 is 18.6 Å². The van der Waals surface area contributed by atoms with Crippen molar-refractivity contribution in [1.82, 2.24) is 9.13 Å². The van der Waals surface area contributed by atoms with E-state index in [-0.39, 0.29) is 41.3 Å². The third-order valence-corrected chi connectivity index (χ3v) is 4.94. The van der Waals surface area contributed by atoms with Gasteiger partial charge in [-0.05, 0) is 26.3 Å². The molecule has 7 nitrogen and oxygen atoms in total. The van der Waals surface area contributed by atoms with Crippen LogP contribution in [0.3, 0.4) is 0 Å². The van der Waals surface area contributed by atoms with Crippen molar-refractivity contribution in [2.45, 2.75) is 33.7 Å². The zero-order chi connectivity index (χ0) is 21.8. The molecule has 0 spiro atoms. The van der Waals surface area contributed by atoms with E-state index in [1.54, 1.807) is 55.8 Å². The number of aromatic nitrogens is 2. The smallest absolute Gasteiger partial charge is 0.358 e. The second kappa shape index (κ2) is 8.98. The number of Topliss-reactive ketones (excluding diaryl/α,β-unsaturated/α-hetero) is 1. The highest BCUT2D eigenvalue weighted by Gasteiger charge is 2.27. The molecule has 0 unspecified atom stereocenters. The fourth-order valence-corrected chi connectivity index (χ4v) is 3.45. The van der Waals surface area contributed by atoms with E-state index in [4.69, 9.17) is 9.47 Å². The summed E-state index contributed by atoms with van der Waals surface area (Å²) in [4.78, 5) is 38.7. The van der Waals surface area contributed by atoms with Crippen molar-refractivity contribution in [3.05, 3.63) is 63.7 Å². The Kier molecular flexibility index (Phi) is 6.40. The quantitative estimate of drug-likeness (QED) is 0.419. The van der Waals surface area contributed by atoms with Crippen molar-refractivity contribution < 1.29 is 19.1 Å². The molecule has 0 aliphatic carbocycles. The highest BCUT2D eigenvalue weighted by Crippen LogP contribution is 2.31. The average Bonchev–Trinajstić information content (AvgIpc) is 3.01. The van der Waals surface area contributed by atoms with Crippen LogP contribution in [0.1, 0.15) is 46.8 Å². The van der Waals surface area contributed by atoms with Gasteiger partial charge in [0.15, 0.2) is 17.2 Å². The molecule has 158 valence electrons. The monoisotopic (exact) mass is 410 g/mol. The van der Waals surface area contributed by atoms with Gasteiger partial charge in [0.05, 0.1) is 25.3 Å². The van der Waals surface area contributed by atoms with Crippen molar-refractivity contribution in [3.8, 4) is 5.75 Å². The summed E-state index contributed by atoms with van der Waals surface area (Å²) in [5, 5.41) is 0.278. The van der Waals surface area contributed by atoms with Crippen LogP contribution in [0.5, 0.6) is 5.75 Å². The summed E-state index contributed by atoms with van der Waals surface area (Å²) in [6, 6.07) is 10.6. The lowest BCUT2D eigenvalue weighted by Crippen LogP contribution is -2.26. The fraction of sp³-hybridized carbons (Fsp3) is 0.348. The Morgan fingerprint density at radius 3 is 2.43 bits per heavy atom. The SMILES string of the molecule is CCCOc1c(C(=O)OCC)n(C)c2cc(C)n(CC(=O)c3ccccc3)c(=O)c12. The second-order valence-electron chi connectivity index (χ2n) is 7.03. The van der Waals surface area contributed by atoms with Gasteiger partial charge in [-0.15, -0.1) is 0 Å². The Bertz CT molecular complexity index is 1140. The number of carbonyl (C=O) groups is 2. The summed E-state index contributed by atoms with van der Waals surface area (Å²) in [7, 11) is 1.70. The minimum Gasteiger partial charge on any atom is -0.490 e. The third-order valence-electron chi connectivity index (χ3n) is 4.94. The molecular formula is C23H26N2O5. The summed E-state index contributed by atoms with van der Waals surface area (Å²) in [6.07, 6.45) is 0.713. The predicted octanol–water partition coefficient (Wildman–Crippen LogP) is 3.50. The highest BCUT2D eigenvalue weighted by atomic mass is 16.5. The van der Waals surface area contributed by atoms with Crippen molar-refractivity contribution >= 4 is 22.7 Å². The highest BCUT2D eigenvalue weighted by molar-refractivity contribution is 6.02. The zero-order valence-electron chi connectivity index (χ0n) is 17.7. The summed E-state index contributed by atoms with van der Waals surface area (Å²) < 4.78 is 14.1. The minimum atomic E-state index is -0.550. The number of rotatable bonds is 8. The third kappa shape index (κ3) is 3.87. The topological polar surface area (TPSA) is 79.5 Å². The van der Waals surface area contributed by atoms with Crippen LogP contribution < -0.4 is 10.3 Å². The Labute approximate surface area is 174 Å². The molecule has 0 saturated carbocycles. The molecule has 2 aromatic heterocycles. The van der Waals surface area contributed by atoms with Crippen LogP contribution in [0.25, 0.3) is 10.9 Å². The summed E-state index contributed by atoms with van der Waals surface area (Å²) in [5.41, 5.74) is 1.55. The molecule has 0 N–H and O–H groups in total. The lowest BCUT2D eigenvalue weighted by atomic mass is 10.1. The zero-order valence-corrected chi connectivity index (χ0v) is 17.7. The van der Waals surface area contributed by atoms with Gasteiger partial charge in [-0.2, -0.15) is 0 Å². The number of benzene rings is 1. The normalized spacial score (nSPS) is 10.9. The first kappa shape index (κ1) is 21.4. The average molecular weight is 410 g/mol. The number of esters is 1. The van der Waals surface area contributed by atoms with Gasteiger partial charge in [-0.25, -0.2) is 4.79 Å². The second-order valence-corrected chi connectivity index (χ2v) is 7.03. The van der Waals surface area contributed by atoms with E-state index < -0.39 is 5.97 Å². The Balaban J connectivity index is 2.18. The molecule has 30 heavy (non-hydrogen) atoms. The number of nitrogens with zero attached hydrogens (tertiary/aromatic N) is 2. The fourth-order valence-electron chi connectivity index (χ4n) is 3.45. The molecule has 0 saturated heterocycles. The number of hydrogen-bond acceptors (Lipinski definition) is 5. The first-order valence-electron chi connectivity index (χ1n) is 10.0. The summed E-state index contributed by atoms with van der Waals surface area (Å²) >= 11 is 0. The van der Waals surface area contributed by atoms with Crippen molar-refractivity contribution in [1.29, 1.82) is 0 Å². The number of ether oxygens (including phenoxy) is 2. The lowest BCUT2D eigenvalue weighted by molar-refractivity contribution is 0.0510. The van der Waals surface area contributed by atoms with E-state index >= 15 is 0 Å². The maximum absolute atomic E-state index is 13.4. The number of fused-ring (bicyclic) bond motifs is 1. The van der Waals surface area contributed by atoms with Gasteiger partial charge in [0, 0.05) is 18.3 Å². The number of aryl methyl sites for hydroxylation is 2. The maximum Gasteiger partial charge on any atom is 0.358 e. The molecule has 0 aliphatic heterocycles. The minimum absolute atomic E-state index is 0.0958. The summed E-state index contributed by atoms with van der Waals surface area (Å²) in [6.45, 7) is 5.89. The van der Waals surface area contributed by atoms with E-state index in [0.29, 0.717) is 29.8 Å². The van der Waals surface area contributed by atoms with Gasteiger partial charge in [0.2, 0.25) is 0 Å². The van der Waals surface area contributed by atoms with Gasteiger partial charge in [-0.3, -0.25) is 9.59 Å². The van der Waals surface area contributed by atoms with Crippen LogP contribution in [0.15, 0.2) is 41.2 Å². The molecule has 0 aliphatic rings. The molecule has 0 radical (unpaired) electrons. The van der Waals surface area contributed by atoms with E-state index in [2.05, 4.69) is 0 Å². The molecule has 0 bridgehead atoms. The van der Waals surface area contributed by atoms with Crippen LogP contribution in [-0.2, 0) is 18.3 Å². The molecular weight excluding hydrogens is 384 g/mol. The van der Waals surface area contributed by atoms with Crippen LogP contribution in [-0.4, -0.2) is 34.1 Å². The lowest BCUT2D eigenvalue weighted by Gasteiger charge is -2.11. The number of ketones is 1. The summed E-state index contributed by atoms with van der Waals surface area (Å²) in [5.74, 6) is -0.511. The van der Waals surface area contributed by atoms with Gasteiger partial charge in [0.1, 0.15) is 5.39 Å². The van der Waals surface area contributed by atoms with E-state index in [0.717, 1.165) is 0 Å². The molecule has 7 heteroatoms. The first-order valence-corrected chi connectivity index (χ1v) is 10.0. The molecule has 2 heterocycles. The number of carbonyl (C=O) groups excluding carboxylic acids is 2. The molecule has 3 rings (SSSR count). The van der Waals surface area contributed by atoms with Gasteiger partial charge >= 0.3 is 5.97 Å². The predicted molar refractivity (Wildman–Crippen MR) is 114 cm³/mol. The Morgan fingerprint density at radius 1 is 1.10 bits per heavy atom. The van der Waals surface area contributed by atoms with Crippen molar-refractivity contribution in [2.24, 2.45) is 7.05 Å². The molecule has 1 aromatic carbocycles. The van der Waals surface area contributed by atoms with Crippen LogP contribution in [0.2, 0.25) is 0 Å². The molecule has 0 atom stereocenters. The van der Waals surface area contributed by atoms with E-state index in [1.807, 2.05) is 13.0 Å². The van der Waals surface area contributed by atoms with E-state index in [1.165, 1.54) is 4.57 Å². The van der Waals surface area contributed by atoms with Crippen molar-refractivity contribution in [2.75, 3.05) is 13.2 Å². The Hall–Kier alpha value is -3.35. The molecule has 3 aromatic rings. The van der Waals surface area contributed by atoms with Gasteiger partial charge in [-0.1, -0.05) is 37.3 Å². The largest absolute Gasteiger partial charge is 0.490 e. The Morgan fingerprint density at radius 2 is 1.80 bits per heavy atom. The van der Waals surface area contributed by atoms with Crippen LogP contribution in [0.4, 0.5) is 0 Å². The number of pyridine rings is 1. The molecule has 0 fully saturated rings. The first-order chi connectivity index (χ1) is 14.4. The van der Waals surface area contributed by atoms with Crippen molar-refractivity contribution in [3.63, 3.8) is 0 Å². The maximum atomic E-state index is 13.4. The van der Waals surface area contributed by atoms with Crippen LogP contribution >= 0.6 is 0 Å². The number of hydrogen-bond donors (Lipinski definition) is 0. The molecule has 0 amide bonds. The van der Waals surface area contributed by atoms with Gasteiger partial charge in [0.25, 0.3) is 5.56 Å². The van der Waals surface area contributed by atoms with E-state index in [9.17, 15) is 14.4 Å². The standard InChI is InChI=1S/C23H26N2O5/c1-5-12-30-21-19-17(24(4)20(21)23(28)29-6-2)13-15(3)25(22(19)27)14-18(26)16-10-8-7-9-11-16/h7-11,13H,5-6,12,14H2,1-4H3.